The molecule has 0 saturated heterocycles. The molecule has 0 aliphatic rings. The van der Waals surface area contributed by atoms with Crippen LogP contribution in [0, 0.1) is 6.92 Å². The number of aryl methyl sites for hydroxylation is 1. The van der Waals surface area contributed by atoms with Crippen molar-refractivity contribution in [2.24, 2.45) is 0 Å². The second-order valence-corrected chi connectivity index (χ2v) is 5.26. The van der Waals surface area contributed by atoms with Crippen molar-refractivity contribution >= 4 is 14.5 Å². The molecule has 0 spiro atoms. The number of hydrogen-bond acceptors (Lipinski definition) is 1. The molecule has 0 saturated carbocycles. The molecule has 1 atom stereocenters. The van der Waals surface area contributed by atoms with Crippen molar-refractivity contribution in [2.75, 3.05) is 6.61 Å². The Bertz CT molecular complexity index is 323. The van der Waals surface area contributed by atoms with Gasteiger partial charge in [0.25, 0.3) is 0 Å². The lowest BCUT2D eigenvalue weighted by atomic mass is 10.1. The molecule has 0 aliphatic heterocycles. The van der Waals surface area contributed by atoms with Crippen LogP contribution in [0.5, 0.6) is 5.75 Å². The molecular weight excluding hydrogens is 227 g/mol. The van der Waals surface area contributed by atoms with Gasteiger partial charge in [0.2, 0.25) is 0 Å². The zero-order chi connectivity index (χ0) is 12.5. The molecule has 0 heterocycles. The SMILES string of the molecule is CCCCCCCCOc1ccc(P)c(C)c1. The molecule has 1 aromatic rings. The summed E-state index contributed by atoms with van der Waals surface area (Å²) in [5.41, 5.74) is 1.27. The van der Waals surface area contributed by atoms with E-state index in [0.29, 0.717) is 0 Å². The molecule has 0 radical (unpaired) electrons. The summed E-state index contributed by atoms with van der Waals surface area (Å²) in [4.78, 5) is 0. The molecular formula is C15H25OP. The predicted octanol–water partition coefficient (Wildman–Crippen LogP) is 4.23. The second-order valence-electron chi connectivity index (χ2n) is 4.63. The first-order valence-electron chi connectivity index (χ1n) is 6.73. The van der Waals surface area contributed by atoms with Crippen LogP contribution in [0.15, 0.2) is 18.2 Å². The zero-order valence-corrected chi connectivity index (χ0v) is 12.3. The van der Waals surface area contributed by atoms with E-state index < -0.39 is 0 Å². The van der Waals surface area contributed by atoms with E-state index in [-0.39, 0.29) is 0 Å². The van der Waals surface area contributed by atoms with Gasteiger partial charge in [0.1, 0.15) is 5.75 Å². The lowest BCUT2D eigenvalue weighted by Gasteiger charge is -2.08. The van der Waals surface area contributed by atoms with E-state index in [1.165, 1.54) is 49.4 Å². The molecule has 1 aromatic carbocycles. The Labute approximate surface area is 108 Å². The molecule has 0 aromatic heterocycles. The van der Waals surface area contributed by atoms with Crippen LogP contribution in [0.2, 0.25) is 0 Å². The van der Waals surface area contributed by atoms with E-state index in [1.54, 1.807) is 0 Å². The van der Waals surface area contributed by atoms with Crippen molar-refractivity contribution < 1.29 is 4.74 Å². The Kier molecular flexibility index (Phi) is 7.28. The van der Waals surface area contributed by atoms with Crippen LogP contribution in [0.4, 0.5) is 0 Å². The number of hydrogen-bond donors (Lipinski definition) is 0. The fourth-order valence-electron chi connectivity index (χ4n) is 1.81. The third kappa shape index (κ3) is 6.07. The molecule has 0 N–H and O–H groups in total. The summed E-state index contributed by atoms with van der Waals surface area (Å²) in [6.07, 6.45) is 7.87. The highest BCUT2D eigenvalue weighted by Gasteiger charge is 1.97. The van der Waals surface area contributed by atoms with Gasteiger partial charge < -0.3 is 4.74 Å². The Balaban J connectivity index is 2.11. The average molecular weight is 252 g/mol. The predicted molar refractivity (Wildman–Crippen MR) is 79.4 cm³/mol. The van der Waals surface area contributed by atoms with Crippen molar-refractivity contribution in [3.05, 3.63) is 23.8 Å². The van der Waals surface area contributed by atoms with Gasteiger partial charge in [0.15, 0.2) is 0 Å². The molecule has 1 rings (SSSR count). The molecule has 0 fully saturated rings. The van der Waals surface area contributed by atoms with Crippen molar-refractivity contribution in [2.45, 2.75) is 52.4 Å². The minimum atomic E-state index is 0.849. The average Bonchev–Trinajstić information content (AvgIpc) is 2.32. The number of ether oxygens (including phenoxy) is 1. The second kappa shape index (κ2) is 8.53. The van der Waals surface area contributed by atoms with E-state index in [1.807, 2.05) is 6.07 Å². The van der Waals surface area contributed by atoms with E-state index in [9.17, 15) is 0 Å². The lowest BCUT2D eigenvalue weighted by Crippen LogP contribution is -2.01. The van der Waals surface area contributed by atoms with Crippen LogP contribution in [0.3, 0.4) is 0 Å². The van der Waals surface area contributed by atoms with Crippen molar-refractivity contribution in [1.29, 1.82) is 0 Å². The standard InChI is InChI=1S/C15H25OP/c1-3-4-5-6-7-8-11-16-14-9-10-15(17)13(2)12-14/h9-10,12H,3-8,11,17H2,1-2H3. The van der Waals surface area contributed by atoms with Crippen LogP contribution >= 0.6 is 9.24 Å². The lowest BCUT2D eigenvalue weighted by molar-refractivity contribution is 0.304. The molecule has 2 heteroatoms. The van der Waals surface area contributed by atoms with E-state index >= 15 is 0 Å². The van der Waals surface area contributed by atoms with Crippen molar-refractivity contribution in [3.8, 4) is 5.75 Å². The van der Waals surface area contributed by atoms with Gasteiger partial charge in [-0.2, -0.15) is 0 Å². The van der Waals surface area contributed by atoms with Crippen molar-refractivity contribution in [1.82, 2.24) is 0 Å². The molecule has 17 heavy (non-hydrogen) atoms. The van der Waals surface area contributed by atoms with E-state index in [2.05, 4.69) is 35.2 Å². The van der Waals surface area contributed by atoms with Crippen LogP contribution in [-0.2, 0) is 0 Å². The zero-order valence-electron chi connectivity index (χ0n) is 11.2. The number of unbranched alkanes of at least 4 members (excludes halogenated alkanes) is 5. The smallest absolute Gasteiger partial charge is 0.119 e. The fourth-order valence-corrected chi connectivity index (χ4v) is 1.99. The van der Waals surface area contributed by atoms with Gasteiger partial charge in [0, 0.05) is 0 Å². The number of benzene rings is 1. The van der Waals surface area contributed by atoms with Crippen LogP contribution < -0.4 is 10.0 Å². The molecule has 0 bridgehead atoms. The highest BCUT2D eigenvalue weighted by atomic mass is 31.0. The van der Waals surface area contributed by atoms with Crippen LogP contribution in [0.25, 0.3) is 0 Å². The normalized spacial score (nSPS) is 10.5. The Morgan fingerprint density at radius 1 is 1.06 bits per heavy atom. The first kappa shape index (κ1) is 14.5. The summed E-state index contributed by atoms with van der Waals surface area (Å²) in [6, 6.07) is 6.25. The van der Waals surface area contributed by atoms with Gasteiger partial charge in [-0.15, -0.1) is 9.24 Å². The summed E-state index contributed by atoms with van der Waals surface area (Å²) in [6.45, 7) is 5.21. The molecule has 1 nitrogen and oxygen atoms in total. The van der Waals surface area contributed by atoms with Gasteiger partial charge in [-0.25, -0.2) is 0 Å². The van der Waals surface area contributed by atoms with Gasteiger partial charge in [0.05, 0.1) is 6.61 Å². The van der Waals surface area contributed by atoms with Gasteiger partial charge >= 0.3 is 0 Å². The van der Waals surface area contributed by atoms with E-state index in [0.717, 1.165) is 12.4 Å². The highest BCUT2D eigenvalue weighted by molar-refractivity contribution is 7.27. The number of rotatable bonds is 8. The summed E-state index contributed by atoms with van der Waals surface area (Å²) < 4.78 is 5.74. The third-order valence-corrected chi connectivity index (χ3v) is 3.66. The Morgan fingerprint density at radius 2 is 1.76 bits per heavy atom. The quantitative estimate of drug-likeness (QED) is 0.497. The maximum Gasteiger partial charge on any atom is 0.119 e. The first-order chi connectivity index (χ1) is 8.24. The highest BCUT2D eigenvalue weighted by Crippen LogP contribution is 2.13. The summed E-state index contributed by atoms with van der Waals surface area (Å²) >= 11 is 0. The Morgan fingerprint density at radius 3 is 2.47 bits per heavy atom. The fraction of sp³-hybridized carbons (Fsp3) is 0.600. The first-order valence-corrected chi connectivity index (χ1v) is 7.30. The monoisotopic (exact) mass is 252 g/mol. The summed E-state index contributed by atoms with van der Waals surface area (Å²) in [7, 11) is 2.74. The maximum atomic E-state index is 5.74. The van der Waals surface area contributed by atoms with Gasteiger partial charge in [-0.05, 0) is 36.3 Å². The van der Waals surface area contributed by atoms with Crippen molar-refractivity contribution in [3.63, 3.8) is 0 Å². The van der Waals surface area contributed by atoms with E-state index in [4.69, 9.17) is 4.74 Å². The Hall–Kier alpha value is -0.550. The topological polar surface area (TPSA) is 9.23 Å². The van der Waals surface area contributed by atoms with Crippen LogP contribution in [0.1, 0.15) is 51.0 Å². The van der Waals surface area contributed by atoms with Gasteiger partial charge in [-0.1, -0.05) is 45.1 Å². The summed E-state index contributed by atoms with van der Waals surface area (Å²) in [5.74, 6) is 1.00. The van der Waals surface area contributed by atoms with Gasteiger partial charge in [-0.3, -0.25) is 0 Å². The molecule has 0 amide bonds. The minimum Gasteiger partial charge on any atom is -0.494 e. The largest absolute Gasteiger partial charge is 0.494 e. The molecule has 0 aliphatic carbocycles. The minimum absolute atomic E-state index is 0.849. The summed E-state index contributed by atoms with van der Waals surface area (Å²) in [5, 5.41) is 1.25. The molecule has 1 unspecified atom stereocenters. The maximum absolute atomic E-state index is 5.74. The molecule has 96 valence electrons. The van der Waals surface area contributed by atoms with Crippen LogP contribution in [-0.4, -0.2) is 6.61 Å². The third-order valence-electron chi connectivity index (χ3n) is 3.01.